The van der Waals surface area contributed by atoms with Crippen molar-refractivity contribution >= 4 is 15.9 Å². The molecule has 120 valence electrons. The van der Waals surface area contributed by atoms with Crippen molar-refractivity contribution in [3.05, 3.63) is 18.0 Å². The number of unbranched alkanes of at least 4 members (excludes halogenated alkanes) is 1. The molecule has 0 spiro atoms. The third-order valence-corrected chi connectivity index (χ3v) is 3.88. The molecule has 0 bridgehead atoms. The van der Waals surface area contributed by atoms with Gasteiger partial charge in [0.1, 0.15) is 10.6 Å². The molecular formula is C13H23N3O4S. The van der Waals surface area contributed by atoms with Crippen LogP contribution in [0.2, 0.25) is 0 Å². The van der Waals surface area contributed by atoms with E-state index in [1.807, 2.05) is 13.8 Å². The second kappa shape index (κ2) is 7.58. The molecule has 1 rings (SSSR count). The minimum Gasteiger partial charge on any atom is -0.385 e. The zero-order chi connectivity index (χ0) is 16.0. The number of aromatic nitrogens is 1. The van der Waals surface area contributed by atoms with Gasteiger partial charge in [0.15, 0.2) is 0 Å². The second-order valence-corrected chi connectivity index (χ2v) is 6.62. The lowest BCUT2D eigenvalue weighted by molar-refractivity contribution is 0.0940. The molecule has 1 heterocycles. The van der Waals surface area contributed by atoms with Crippen LogP contribution in [0.15, 0.2) is 17.2 Å². The Morgan fingerprint density at radius 1 is 1.43 bits per heavy atom. The summed E-state index contributed by atoms with van der Waals surface area (Å²) in [4.78, 5) is 12.1. The maximum atomic E-state index is 12.1. The van der Waals surface area contributed by atoms with Gasteiger partial charge in [-0.15, -0.1) is 0 Å². The molecular weight excluding hydrogens is 294 g/mol. The van der Waals surface area contributed by atoms with Crippen molar-refractivity contribution in [2.24, 2.45) is 5.14 Å². The minimum absolute atomic E-state index is 0.0465. The number of carbonyl (C=O) groups excluding carboxylic acids is 1. The number of hydrogen-bond acceptors (Lipinski definition) is 4. The van der Waals surface area contributed by atoms with Crippen molar-refractivity contribution in [3.8, 4) is 0 Å². The number of methoxy groups -OCH3 is 1. The Labute approximate surface area is 125 Å². The van der Waals surface area contributed by atoms with Crippen molar-refractivity contribution in [2.75, 3.05) is 20.3 Å². The standard InChI is InChI=1S/C13H23N3O4S/c1-10(2)16-9-11(21(14,18)19)8-12(16)13(17)15-6-4-5-7-20-3/h8-10H,4-7H2,1-3H3,(H,15,17)(H2,14,18,19). The maximum Gasteiger partial charge on any atom is 0.267 e. The number of ether oxygens (including phenoxy) is 1. The quantitative estimate of drug-likeness (QED) is 0.694. The van der Waals surface area contributed by atoms with E-state index in [1.165, 1.54) is 12.3 Å². The second-order valence-electron chi connectivity index (χ2n) is 5.06. The largest absolute Gasteiger partial charge is 0.385 e. The molecule has 0 aliphatic rings. The van der Waals surface area contributed by atoms with Crippen molar-refractivity contribution < 1.29 is 17.9 Å². The van der Waals surface area contributed by atoms with Gasteiger partial charge in [-0.1, -0.05) is 0 Å². The van der Waals surface area contributed by atoms with Gasteiger partial charge in [-0.3, -0.25) is 4.79 Å². The minimum atomic E-state index is -3.82. The lowest BCUT2D eigenvalue weighted by Gasteiger charge is -2.12. The van der Waals surface area contributed by atoms with Gasteiger partial charge in [0.25, 0.3) is 5.91 Å². The number of nitrogens with two attached hydrogens (primary N) is 1. The van der Waals surface area contributed by atoms with Gasteiger partial charge in [0.2, 0.25) is 10.0 Å². The lowest BCUT2D eigenvalue weighted by Crippen LogP contribution is -2.27. The molecule has 0 saturated carbocycles. The van der Waals surface area contributed by atoms with Gasteiger partial charge in [-0.2, -0.15) is 0 Å². The number of rotatable bonds is 8. The van der Waals surface area contributed by atoms with Crippen LogP contribution in [0.4, 0.5) is 0 Å². The van der Waals surface area contributed by atoms with E-state index in [2.05, 4.69) is 5.32 Å². The van der Waals surface area contributed by atoms with Crippen molar-refractivity contribution in [1.29, 1.82) is 0 Å². The van der Waals surface area contributed by atoms with E-state index in [0.29, 0.717) is 18.8 Å². The highest BCUT2D eigenvalue weighted by molar-refractivity contribution is 7.89. The molecule has 1 aromatic rings. The monoisotopic (exact) mass is 317 g/mol. The molecule has 7 nitrogen and oxygen atoms in total. The molecule has 0 fully saturated rings. The Balaban J connectivity index is 2.81. The van der Waals surface area contributed by atoms with E-state index < -0.39 is 10.0 Å². The number of amides is 1. The van der Waals surface area contributed by atoms with Crippen molar-refractivity contribution in [2.45, 2.75) is 37.6 Å². The number of hydrogen-bond donors (Lipinski definition) is 2. The maximum absolute atomic E-state index is 12.1. The first kappa shape index (κ1) is 17.7. The van der Waals surface area contributed by atoms with Crippen LogP contribution in [-0.2, 0) is 14.8 Å². The van der Waals surface area contributed by atoms with Crippen LogP contribution in [0.5, 0.6) is 0 Å². The predicted octanol–water partition coefficient (Wildman–Crippen LogP) is 0.873. The number of primary sulfonamides is 1. The average Bonchev–Trinajstić information content (AvgIpc) is 2.83. The zero-order valence-corrected chi connectivity index (χ0v) is 13.4. The van der Waals surface area contributed by atoms with Gasteiger partial charge in [-0.25, -0.2) is 13.6 Å². The summed E-state index contributed by atoms with van der Waals surface area (Å²) in [5, 5.41) is 7.87. The number of sulfonamides is 1. The topological polar surface area (TPSA) is 103 Å². The fraction of sp³-hybridized carbons (Fsp3) is 0.615. The first-order valence-corrected chi connectivity index (χ1v) is 8.33. The molecule has 1 amide bonds. The molecule has 0 atom stereocenters. The number of nitrogens with zero attached hydrogens (tertiary/aromatic N) is 1. The van der Waals surface area contributed by atoms with Crippen LogP contribution >= 0.6 is 0 Å². The van der Waals surface area contributed by atoms with Crippen molar-refractivity contribution in [1.82, 2.24) is 9.88 Å². The van der Waals surface area contributed by atoms with E-state index >= 15 is 0 Å². The fourth-order valence-corrected chi connectivity index (χ4v) is 2.42. The Morgan fingerprint density at radius 2 is 2.10 bits per heavy atom. The first-order valence-electron chi connectivity index (χ1n) is 6.79. The molecule has 1 aromatic heterocycles. The molecule has 0 unspecified atom stereocenters. The molecule has 3 N–H and O–H groups in total. The van der Waals surface area contributed by atoms with Gasteiger partial charge in [0.05, 0.1) is 0 Å². The van der Waals surface area contributed by atoms with E-state index in [1.54, 1.807) is 11.7 Å². The first-order chi connectivity index (χ1) is 9.77. The smallest absolute Gasteiger partial charge is 0.267 e. The van der Waals surface area contributed by atoms with E-state index in [-0.39, 0.29) is 16.8 Å². The molecule has 0 aromatic carbocycles. The highest BCUT2D eigenvalue weighted by atomic mass is 32.2. The summed E-state index contributed by atoms with van der Waals surface area (Å²) in [5.74, 6) is -0.309. The van der Waals surface area contributed by atoms with Crippen LogP contribution < -0.4 is 10.5 Å². The van der Waals surface area contributed by atoms with Gasteiger partial charge < -0.3 is 14.6 Å². The summed E-state index contributed by atoms with van der Waals surface area (Å²) in [7, 11) is -2.19. The Kier molecular flexibility index (Phi) is 6.38. The molecule has 0 saturated heterocycles. The van der Waals surface area contributed by atoms with E-state index in [9.17, 15) is 13.2 Å². The van der Waals surface area contributed by atoms with E-state index in [0.717, 1.165) is 12.8 Å². The zero-order valence-electron chi connectivity index (χ0n) is 12.6. The van der Waals surface area contributed by atoms with Crippen LogP contribution in [-0.4, -0.2) is 39.2 Å². The fourth-order valence-electron chi connectivity index (χ4n) is 1.88. The summed E-state index contributed by atoms with van der Waals surface area (Å²) in [5.41, 5.74) is 0.292. The Hall–Kier alpha value is -1.38. The molecule has 0 aliphatic carbocycles. The van der Waals surface area contributed by atoms with Crippen molar-refractivity contribution in [3.63, 3.8) is 0 Å². The van der Waals surface area contributed by atoms with Gasteiger partial charge in [0, 0.05) is 32.5 Å². The normalized spacial score (nSPS) is 11.9. The highest BCUT2D eigenvalue weighted by Crippen LogP contribution is 2.18. The lowest BCUT2D eigenvalue weighted by atomic mass is 10.3. The Morgan fingerprint density at radius 3 is 2.62 bits per heavy atom. The summed E-state index contributed by atoms with van der Waals surface area (Å²) in [6.07, 6.45) is 3.04. The summed E-state index contributed by atoms with van der Waals surface area (Å²) in [6.45, 7) is 4.88. The van der Waals surface area contributed by atoms with Crippen LogP contribution in [0, 0.1) is 0 Å². The van der Waals surface area contributed by atoms with Crippen LogP contribution in [0.3, 0.4) is 0 Å². The number of nitrogens with one attached hydrogen (secondary N) is 1. The molecule has 0 aliphatic heterocycles. The summed E-state index contributed by atoms with van der Waals surface area (Å²) < 4.78 is 29.3. The summed E-state index contributed by atoms with van der Waals surface area (Å²) >= 11 is 0. The molecule has 8 heteroatoms. The van der Waals surface area contributed by atoms with E-state index in [4.69, 9.17) is 9.88 Å². The third-order valence-electron chi connectivity index (χ3n) is 3.00. The summed E-state index contributed by atoms with van der Waals surface area (Å²) in [6, 6.07) is 1.26. The third kappa shape index (κ3) is 5.14. The average molecular weight is 317 g/mol. The predicted molar refractivity (Wildman–Crippen MR) is 79.6 cm³/mol. The Bertz CT molecular complexity index is 578. The van der Waals surface area contributed by atoms with Crippen LogP contribution in [0.25, 0.3) is 0 Å². The van der Waals surface area contributed by atoms with Gasteiger partial charge in [-0.05, 0) is 32.8 Å². The van der Waals surface area contributed by atoms with Gasteiger partial charge >= 0.3 is 0 Å². The number of carbonyl (C=O) groups is 1. The van der Waals surface area contributed by atoms with Crippen LogP contribution in [0.1, 0.15) is 43.2 Å². The molecule has 21 heavy (non-hydrogen) atoms. The molecule has 0 radical (unpaired) electrons. The highest BCUT2D eigenvalue weighted by Gasteiger charge is 2.20. The SMILES string of the molecule is COCCCCNC(=O)c1cc(S(N)(=O)=O)cn1C(C)C.